The summed E-state index contributed by atoms with van der Waals surface area (Å²) in [6.45, 7) is 6.28. The van der Waals surface area contributed by atoms with Crippen molar-refractivity contribution in [3.8, 4) is 0 Å². The van der Waals surface area contributed by atoms with Crippen molar-refractivity contribution in [1.82, 2.24) is 15.1 Å². The number of benzene rings is 3. The van der Waals surface area contributed by atoms with Gasteiger partial charge in [0.15, 0.2) is 0 Å². The highest BCUT2D eigenvalue weighted by Crippen LogP contribution is 2.37. The largest absolute Gasteiger partial charge is 0.367 e. The molecule has 0 unspecified atom stereocenters. The lowest BCUT2D eigenvalue weighted by Crippen LogP contribution is -2.50. The van der Waals surface area contributed by atoms with Crippen LogP contribution in [0.1, 0.15) is 59.6 Å². The van der Waals surface area contributed by atoms with Crippen LogP contribution in [-0.2, 0) is 0 Å². The Bertz CT molecular complexity index is 1320. The number of nitrogens with one attached hydrogen (secondary N) is 1. The molecule has 6 rings (SSSR count). The Kier molecular flexibility index (Phi) is 9.24. The molecule has 0 spiro atoms. The highest BCUT2D eigenvalue weighted by atomic mass is 16.2. The number of carbonyl (C=O) groups excluding carboxylic acids is 2. The maximum absolute atomic E-state index is 13.6. The SMILES string of the molecule is NC(=O)N(c1ccc(C(=O)N2CCNCC2)cc1N1CCN(C(c2ccccc2)c2ccccc2)CC1)C1CCCCC1. The highest BCUT2D eigenvalue weighted by Gasteiger charge is 2.32. The number of anilines is 2. The molecule has 3 aromatic carbocycles. The average molecular weight is 581 g/mol. The fraction of sp³-hybridized carbons (Fsp3) is 0.429. The lowest BCUT2D eigenvalue weighted by atomic mass is 9.93. The summed E-state index contributed by atoms with van der Waals surface area (Å²) in [4.78, 5) is 35.2. The lowest BCUT2D eigenvalue weighted by Gasteiger charge is -2.42. The molecule has 2 aliphatic heterocycles. The third-order valence-electron chi connectivity index (χ3n) is 9.31. The zero-order chi connectivity index (χ0) is 29.6. The topological polar surface area (TPSA) is 85.1 Å². The fourth-order valence-electron chi connectivity index (χ4n) is 7.10. The van der Waals surface area contributed by atoms with Gasteiger partial charge in [-0.15, -0.1) is 0 Å². The van der Waals surface area contributed by atoms with Crippen LogP contribution in [0.5, 0.6) is 0 Å². The third-order valence-corrected chi connectivity index (χ3v) is 9.31. The Morgan fingerprint density at radius 2 is 1.37 bits per heavy atom. The zero-order valence-electron chi connectivity index (χ0n) is 25.0. The molecule has 8 heteroatoms. The van der Waals surface area contributed by atoms with E-state index in [4.69, 9.17) is 5.73 Å². The van der Waals surface area contributed by atoms with Crippen LogP contribution < -0.4 is 20.9 Å². The van der Waals surface area contributed by atoms with Crippen LogP contribution in [0.4, 0.5) is 16.2 Å². The van der Waals surface area contributed by atoms with Crippen LogP contribution in [0.15, 0.2) is 78.9 Å². The van der Waals surface area contributed by atoms with Crippen LogP contribution in [0, 0.1) is 0 Å². The number of nitrogens with two attached hydrogens (primary N) is 1. The molecule has 0 aromatic heterocycles. The van der Waals surface area contributed by atoms with E-state index in [1.54, 1.807) is 0 Å². The van der Waals surface area contributed by atoms with Crippen molar-refractivity contribution in [2.24, 2.45) is 5.73 Å². The number of hydrogen-bond acceptors (Lipinski definition) is 5. The molecule has 3 fully saturated rings. The second-order valence-electron chi connectivity index (χ2n) is 12.0. The van der Waals surface area contributed by atoms with Gasteiger partial charge in [-0.3, -0.25) is 14.6 Å². The molecule has 3 aliphatic rings. The molecule has 0 atom stereocenters. The van der Waals surface area contributed by atoms with Crippen molar-refractivity contribution < 1.29 is 9.59 Å². The van der Waals surface area contributed by atoms with Gasteiger partial charge in [-0.1, -0.05) is 79.9 Å². The minimum atomic E-state index is -0.416. The van der Waals surface area contributed by atoms with E-state index in [2.05, 4.69) is 75.8 Å². The standard InChI is InChI=1S/C35H44N6O2/c36-35(43)41(30-14-8-3-9-15-30)31-17-16-29(34(42)40-20-18-37-19-21-40)26-32(31)38-22-24-39(25-23-38)33(27-10-4-1-5-11-27)28-12-6-2-7-13-28/h1-2,4-7,10-13,16-17,26,30,33,37H,3,8-9,14-15,18-25H2,(H2,36,43). The van der Waals surface area contributed by atoms with Gasteiger partial charge in [0.05, 0.1) is 17.4 Å². The molecule has 226 valence electrons. The first-order valence-electron chi connectivity index (χ1n) is 15.9. The Morgan fingerprint density at radius 1 is 0.767 bits per heavy atom. The van der Waals surface area contributed by atoms with Gasteiger partial charge in [-0.2, -0.15) is 0 Å². The summed E-state index contributed by atoms with van der Waals surface area (Å²) in [5.74, 6) is 0.0458. The quantitative estimate of drug-likeness (QED) is 0.417. The van der Waals surface area contributed by atoms with Crippen molar-refractivity contribution in [2.45, 2.75) is 44.2 Å². The minimum absolute atomic E-state index is 0.0458. The number of primary amides is 1. The summed E-state index contributed by atoms with van der Waals surface area (Å²) in [7, 11) is 0. The van der Waals surface area contributed by atoms with Gasteiger partial charge in [-0.25, -0.2) is 4.79 Å². The highest BCUT2D eigenvalue weighted by molar-refractivity contribution is 6.00. The van der Waals surface area contributed by atoms with Crippen molar-refractivity contribution in [3.05, 3.63) is 95.6 Å². The van der Waals surface area contributed by atoms with Crippen LogP contribution in [0.25, 0.3) is 0 Å². The summed E-state index contributed by atoms with van der Waals surface area (Å²) in [5, 5.41) is 3.33. The average Bonchev–Trinajstić information content (AvgIpc) is 3.07. The molecule has 3 amide bonds. The van der Waals surface area contributed by atoms with E-state index in [-0.39, 0.29) is 18.0 Å². The second-order valence-corrected chi connectivity index (χ2v) is 12.0. The third kappa shape index (κ3) is 6.55. The smallest absolute Gasteiger partial charge is 0.319 e. The van der Waals surface area contributed by atoms with Crippen LogP contribution >= 0.6 is 0 Å². The molecule has 3 N–H and O–H groups in total. The summed E-state index contributed by atoms with van der Waals surface area (Å²) >= 11 is 0. The Morgan fingerprint density at radius 3 is 1.95 bits per heavy atom. The lowest BCUT2D eigenvalue weighted by molar-refractivity contribution is 0.0736. The van der Waals surface area contributed by atoms with E-state index < -0.39 is 6.03 Å². The normalized spacial score (nSPS) is 18.5. The van der Waals surface area contributed by atoms with Crippen LogP contribution in [-0.4, -0.2) is 80.1 Å². The van der Waals surface area contributed by atoms with Gasteiger partial charge in [0.2, 0.25) is 0 Å². The van der Waals surface area contributed by atoms with Gasteiger partial charge in [0.25, 0.3) is 5.91 Å². The first-order chi connectivity index (χ1) is 21.1. The number of carbonyl (C=O) groups is 2. The Labute approximate surface area is 255 Å². The first kappa shape index (κ1) is 29.2. The molecular formula is C35H44N6O2. The molecule has 8 nitrogen and oxygen atoms in total. The molecule has 1 aliphatic carbocycles. The number of rotatable bonds is 7. The van der Waals surface area contributed by atoms with Gasteiger partial charge < -0.3 is 20.9 Å². The summed E-state index contributed by atoms with van der Waals surface area (Å²) < 4.78 is 0. The fourth-order valence-corrected chi connectivity index (χ4v) is 7.10. The maximum atomic E-state index is 13.6. The predicted octanol–water partition coefficient (Wildman–Crippen LogP) is 4.86. The molecule has 43 heavy (non-hydrogen) atoms. The van der Waals surface area contributed by atoms with E-state index >= 15 is 0 Å². The predicted molar refractivity (Wildman–Crippen MR) is 173 cm³/mol. The number of urea groups is 1. The van der Waals surface area contributed by atoms with Crippen LogP contribution in [0.2, 0.25) is 0 Å². The molecule has 2 saturated heterocycles. The molecule has 2 heterocycles. The molecule has 0 bridgehead atoms. The maximum Gasteiger partial charge on any atom is 0.319 e. The number of piperazine rings is 2. The summed E-state index contributed by atoms with van der Waals surface area (Å²) in [5.41, 5.74) is 11.1. The number of amides is 3. The Hall–Kier alpha value is -3.88. The molecule has 1 saturated carbocycles. The monoisotopic (exact) mass is 580 g/mol. The van der Waals surface area contributed by atoms with Gasteiger partial charge in [-0.05, 0) is 42.2 Å². The van der Waals surface area contributed by atoms with Gasteiger partial charge >= 0.3 is 6.03 Å². The van der Waals surface area contributed by atoms with Crippen molar-refractivity contribution in [3.63, 3.8) is 0 Å². The second kappa shape index (κ2) is 13.6. The number of nitrogens with zero attached hydrogens (tertiary/aromatic N) is 4. The number of hydrogen-bond donors (Lipinski definition) is 2. The molecule has 0 radical (unpaired) electrons. The zero-order valence-corrected chi connectivity index (χ0v) is 25.0. The van der Waals surface area contributed by atoms with E-state index in [1.807, 2.05) is 28.0 Å². The minimum Gasteiger partial charge on any atom is -0.367 e. The van der Waals surface area contributed by atoms with E-state index in [1.165, 1.54) is 17.5 Å². The summed E-state index contributed by atoms with van der Waals surface area (Å²) in [6, 6.07) is 27.1. The van der Waals surface area contributed by atoms with Gasteiger partial charge in [0.1, 0.15) is 0 Å². The van der Waals surface area contributed by atoms with Crippen molar-refractivity contribution in [2.75, 3.05) is 62.2 Å². The van der Waals surface area contributed by atoms with Gasteiger partial charge in [0, 0.05) is 64.0 Å². The van der Waals surface area contributed by atoms with E-state index in [0.29, 0.717) is 18.7 Å². The van der Waals surface area contributed by atoms with Crippen LogP contribution in [0.3, 0.4) is 0 Å². The van der Waals surface area contributed by atoms with E-state index in [0.717, 1.165) is 76.3 Å². The first-order valence-corrected chi connectivity index (χ1v) is 15.9. The van der Waals surface area contributed by atoms with E-state index in [9.17, 15) is 9.59 Å². The van der Waals surface area contributed by atoms with Crippen molar-refractivity contribution in [1.29, 1.82) is 0 Å². The summed E-state index contributed by atoms with van der Waals surface area (Å²) in [6.07, 6.45) is 5.30. The molecule has 3 aromatic rings. The molecular weight excluding hydrogens is 536 g/mol. The Balaban J connectivity index is 1.30. The van der Waals surface area contributed by atoms with Crippen molar-refractivity contribution >= 4 is 23.3 Å².